The summed E-state index contributed by atoms with van der Waals surface area (Å²) in [5, 5.41) is 0. The third-order valence-electron chi connectivity index (χ3n) is 2.03. The lowest BCUT2D eigenvalue weighted by Gasteiger charge is -2.20. The Morgan fingerprint density at radius 1 is 0.941 bits per heavy atom. The van der Waals surface area contributed by atoms with E-state index < -0.39 is 18.8 Å². The van der Waals surface area contributed by atoms with E-state index in [2.05, 4.69) is 0 Å². The molecular formula is C12H17BF2O2. The molecule has 0 heterocycles. The van der Waals surface area contributed by atoms with Crippen LogP contribution in [0.2, 0.25) is 0 Å². The summed E-state index contributed by atoms with van der Waals surface area (Å²) in [4.78, 5) is 0. The van der Waals surface area contributed by atoms with Crippen molar-refractivity contribution in [3.8, 4) is 0 Å². The van der Waals surface area contributed by atoms with Crippen molar-refractivity contribution in [2.75, 3.05) is 0 Å². The molecule has 5 heteroatoms. The molecule has 0 N–H and O–H groups in total. The maximum Gasteiger partial charge on any atom is 0.500 e. The molecule has 0 aromatic heterocycles. The molecular weight excluding hydrogens is 225 g/mol. The van der Waals surface area contributed by atoms with Crippen molar-refractivity contribution in [1.29, 1.82) is 0 Å². The summed E-state index contributed by atoms with van der Waals surface area (Å²) in [7, 11) is -1.02. The average Bonchev–Trinajstić information content (AvgIpc) is 2.14. The van der Waals surface area contributed by atoms with E-state index in [1.807, 2.05) is 0 Å². The van der Waals surface area contributed by atoms with E-state index in [0.717, 1.165) is 0 Å². The predicted molar refractivity (Wildman–Crippen MR) is 64.2 cm³/mol. The van der Waals surface area contributed by atoms with Crippen LogP contribution in [-0.4, -0.2) is 19.3 Å². The Hall–Kier alpha value is -0.935. The SMILES string of the molecule is CC(C)OB(OC(C)C)c1c(F)cccc1F. The lowest BCUT2D eigenvalue weighted by molar-refractivity contribution is 0.138. The first-order chi connectivity index (χ1) is 7.91. The molecule has 2 nitrogen and oxygen atoms in total. The molecule has 0 aliphatic carbocycles. The van der Waals surface area contributed by atoms with Gasteiger partial charge in [-0.25, -0.2) is 8.78 Å². The van der Waals surface area contributed by atoms with Crippen LogP contribution in [-0.2, 0) is 9.31 Å². The van der Waals surface area contributed by atoms with Crippen molar-refractivity contribution in [2.45, 2.75) is 39.9 Å². The van der Waals surface area contributed by atoms with Crippen molar-refractivity contribution in [2.24, 2.45) is 0 Å². The molecule has 1 rings (SSSR count). The van der Waals surface area contributed by atoms with Crippen LogP contribution < -0.4 is 5.46 Å². The largest absolute Gasteiger partial charge is 0.500 e. The van der Waals surface area contributed by atoms with Crippen LogP contribution in [0.25, 0.3) is 0 Å². The second-order valence-electron chi connectivity index (χ2n) is 4.34. The molecule has 0 amide bonds. The number of rotatable bonds is 5. The predicted octanol–water partition coefficient (Wildman–Crippen LogP) is 2.51. The van der Waals surface area contributed by atoms with Gasteiger partial charge < -0.3 is 9.31 Å². The molecule has 0 saturated carbocycles. The minimum absolute atomic E-state index is 0.171. The quantitative estimate of drug-likeness (QED) is 0.738. The zero-order valence-electron chi connectivity index (χ0n) is 10.5. The molecule has 94 valence electrons. The van der Waals surface area contributed by atoms with Gasteiger partial charge in [0.2, 0.25) is 0 Å². The molecule has 0 fully saturated rings. The molecule has 0 aliphatic heterocycles. The van der Waals surface area contributed by atoms with Crippen LogP contribution in [0.1, 0.15) is 27.7 Å². The van der Waals surface area contributed by atoms with Gasteiger partial charge in [0.25, 0.3) is 0 Å². The highest BCUT2D eigenvalue weighted by Crippen LogP contribution is 2.07. The Bertz CT molecular complexity index is 339. The van der Waals surface area contributed by atoms with E-state index in [1.165, 1.54) is 18.2 Å². The Balaban J connectivity index is 3.03. The topological polar surface area (TPSA) is 18.5 Å². The smallest absolute Gasteiger partial charge is 0.405 e. The summed E-state index contributed by atoms with van der Waals surface area (Å²) in [6, 6.07) is 3.70. The van der Waals surface area contributed by atoms with Gasteiger partial charge in [-0.1, -0.05) is 6.07 Å². The molecule has 0 aliphatic rings. The molecule has 17 heavy (non-hydrogen) atoms. The average molecular weight is 242 g/mol. The maximum atomic E-state index is 13.6. The second kappa shape index (κ2) is 6.12. The minimum Gasteiger partial charge on any atom is -0.405 e. The summed E-state index contributed by atoms with van der Waals surface area (Å²) < 4.78 is 38.0. The fourth-order valence-electron chi connectivity index (χ4n) is 1.40. The summed E-state index contributed by atoms with van der Waals surface area (Å²) in [6.45, 7) is 7.15. The molecule has 0 atom stereocenters. The van der Waals surface area contributed by atoms with Crippen molar-refractivity contribution in [1.82, 2.24) is 0 Å². The van der Waals surface area contributed by atoms with Gasteiger partial charge in [-0.3, -0.25) is 0 Å². The highest BCUT2D eigenvalue weighted by atomic mass is 19.1. The monoisotopic (exact) mass is 242 g/mol. The van der Waals surface area contributed by atoms with E-state index in [-0.39, 0.29) is 17.7 Å². The highest BCUT2D eigenvalue weighted by Gasteiger charge is 2.30. The van der Waals surface area contributed by atoms with E-state index in [9.17, 15) is 8.78 Å². The Morgan fingerprint density at radius 3 is 1.71 bits per heavy atom. The van der Waals surface area contributed by atoms with E-state index in [0.29, 0.717) is 0 Å². The number of halogens is 2. The van der Waals surface area contributed by atoms with Crippen LogP contribution in [0, 0.1) is 11.6 Å². The molecule has 0 unspecified atom stereocenters. The third kappa shape index (κ3) is 4.09. The Labute approximate surface area is 101 Å². The van der Waals surface area contributed by atoms with Gasteiger partial charge >= 0.3 is 7.12 Å². The van der Waals surface area contributed by atoms with Crippen LogP contribution in [0.5, 0.6) is 0 Å². The molecule has 0 saturated heterocycles. The van der Waals surface area contributed by atoms with Crippen molar-refractivity contribution < 1.29 is 18.1 Å². The molecule has 0 bridgehead atoms. The Morgan fingerprint density at radius 2 is 1.35 bits per heavy atom. The molecule has 0 spiro atoms. The molecule has 1 aromatic rings. The van der Waals surface area contributed by atoms with Gasteiger partial charge in [-0.15, -0.1) is 0 Å². The summed E-state index contributed by atoms with van der Waals surface area (Å²) in [6.07, 6.45) is -0.365. The zero-order valence-corrected chi connectivity index (χ0v) is 10.5. The lowest BCUT2D eigenvalue weighted by Crippen LogP contribution is -2.44. The first-order valence-electron chi connectivity index (χ1n) is 5.66. The summed E-state index contributed by atoms with van der Waals surface area (Å²) >= 11 is 0. The van der Waals surface area contributed by atoms with Crippen molar-refractivity contribution >= 4 is 12.6 Å². The first kappa shape index (κ1) is 14.1. The number of hydrogen-bond donors (Lipinski definition) is 0. The standard InChI is InChI=1S/C12H17BF2O2/c1-8(2)16-13(17-9(3)4)12-10(14)6-5-7-11(12)15/h5-9H,1-4H3. The Kier molecular flexibility index (Phi) is 5.09. The van der Waals surface area contributed by atoms with Gasteiger partial charge in [0.05, 0.1) is 5.46 Å². The van der Waals surface area contributed by atoms with Crippen LogP contribution >= 0.6 is 0 Å². The normalized spacial score (nSPS) is 11.3. The lowest BCUT2D eigenvalue weighted by atomic mass is 9.77. The van der Waals surface area contributed by atoms with E-state index in [4.69, 9.17) is 9.31 Å². The van der Waals surface area contributed by atoms with Crippen LogP contribution in [0.15, 0.2) is 18.2 Å². The maximum absolute atomic E-state index is 13.6. The minimum atomic E-state index is -1.02. The zero-order chi connectivity index (χ0) is 13.0. The van der Waals surface area contributed by atoms with Crippen LogP contribution in [0.3, 0.4) is 0 Å². The fraction of sp³-hybridized carbons (Fsp3) is 0.500. The molecule has 0 radical (unpaired) electrons. The van der Waals surface area contributed by atoms with Gasteiger partial charge in [-0.05, 0) is 39.8 Å². The summed E-state index contributed by atoms with van der Waals surface area (Å²) in [5.74, 6) is -1.31. The highest BCUT2D eigenvalue weighted by molar-refractivity contribution is 6.61. The third-order valence-corrected chi connectivity index (χ3v) is 2.03. The second-order valence-corrected chi connectivity index (χ2v) is 4.34. The van der Waals surface area contributed by atoms with Gasteiger partial charge in [0.15, 0.2) is 0 Å². The molecule has 1 aromatic carbocycles. The van der Waals surface area contributed by atoms with Gasteiger partial charge in [0.1, 0.15) is 11.6 Å². The van der Waals surface area contributed by atoms with Crippen molar-refractivity contribution in [3.05, 3.63) is 29.8 Å². The van der Waals surface area contributed by atoms with Crippen LogP contribution in [0.4, 0.5) is 8.78 Å². The summed E-state index contributed by atoms with van der Waals surface area (Å²) in [5.41, 5.74) is -0.171. The van der Waals surface area contributed by atoms with Crippen molar-refractivity contribution in [3.63, 3.8) is 0 Å². The van der Waals surface area contributed by atoms with E-state index in [1.54, 1.807) is 27.7 Å². The number of hydrogen-bond acceptors (Lipinski definition) is 2. The fourth-order valence-corrected chi connectivity index (χ4v) is 1.40. The number of benzene rings is 1. The van der Waals surface area contributed by atoms with Gasteiger partial charge in [-0.2, -0.15) is 0 Å². The van der Waals surface area contributed by atoms with E-state index >= 15 is 0 Å². The first-order valence-corrected chi connectivity index (χ1v) is 5.66. The van der Waals surface area contributed by atoms with Gasteiger partial charge in [0, 0.05) is 12.2 Å².